The molecule has 5 nitrogen and oxygen atoms in total. The minimum absolute atomic E-state index is 0.0677. The molecule has 0 aliphatic carbocycles. The van der Waals surface area contributed by atoms with E-state index >= 15 is 0 Å². The number of hydrogen-bond acceptors (Lipinski definition) is 5. The lowest BCUT2D eigenvalue weighted by atomic mass is 10.4. The standard InChI is InChI=1S/C7H9NO4S/c1-12-3-5(9)2-8-6(10)4-13-7(8)11/h2-4H2,1H3. The molecule has 0 aromatic rings. The summed E-state index contributed by atoms with van der Waals surface area (Å²) >= 11 is 0.918. The average Bonchev–Trinajstić information content (AvgIpc) is 2.36. The number of methoxy groups -OCH3 is 1. The molecule has 1 rings (SSSR count). The number of amides is 2. The molecule has 1 aliphatic heterocycles. The first-order valence-electron chi connectivity index (χ1n) is 3.63. The Balaban J connectivity index is 2.48. The lowest BCUT2D eigenvalue weighted by molar-refractivity contribution is -0.131. The summed E-state index contributed by atoms with van der Waals surface area (Å²) in [6.07, 6.45) is 0. The summed E-state index contributed by atoms with van der Waals surface area (Å²) < 4.78 is 4.58. The van der Waals surface area contributed by atoms with Crippen LogP contribution in [-0.4, -0.2) is 47.8 Å². The lowest BCUT2D eigenvalue weighted by Gasteiger charge is -2.10. The largest absolute Gasteiger partial charge is 0.377 e. The maximum Gasteiger partial charge on any atom is 0.289 e. The zero-order valence-electron chi connectivity index (χ0n) is 7.11. The fourth-order valence-electron chi connectivity index (χ4n) is 0.917. The van der Waals surface area contributed by atoms with Gasteiger partial charge < -0.3 is 4.74 Å². The number of carbonyl (C=O) groups is 3. The van der Waals surface area contributed by atoms with E-state index in [0.29, 0.717) is 0 Å². The van der Waals surface area contributed by atoms with Crippen LogP contribution in [0.25, 0.3) is 0 Å². The predicted octanol–water partition coefficient (Wildman–Crippen LogP) is -0.103. The van der Waals surface area contributed by atoms with Crippen molar-refractivity contribution in [2.24, 2.45) is 0 Å². The highest BCUT2D eigenvalue weighted by atomic mass is 32.2. The summed E-state index contributed by atoms with van der Waals surface area (Å²) in [6, 6.07) is 0. The van der Waals surface area contributed by atoms with Crippen LogP contribution in [0.1, 0.15) is 0 Å². The van der Waals surface area contributed by atoms with Crippen LogP contribution in [0, 0.1) is 0 Å². The Morgan fingerprint density at radius 1 is 1.62 bits per heavy atom. The highest BCUT2D eigenvalue weighted by molar-refractivity contribution is 8.14. The number of hydrogen-bond donors (Lipinski definition) is 0. The van der Waals surface area contributed by atoms with Gasteiger partial charge in [0.2, 0.25) is 5.91 Å². The van der Waals surface area contributed by atoms with E-state index in [1.807, 2.05) is 0 Å². The van der Waals surface area contributed by atoms with Crippen LogP contribution >= 0.6 is 11.8 Å². The second-order valence-electron chi connectivity index (χ2n) is 2.51. The molecule has 0 bridgehead atoms. The van der Waals surface area contributed by atoms with Crippen LogP contribution in [0.5, 0.6) is 0 Å². The molecule has 0 unspecified atom stereocenters. The first kappa shape index (κ1) is 10.2. The van der Waals surface area contributed by atoms with Crippen molar-refractivity contribution < 1.29 is 19.1 Å². The number of ether oxygens (including phenoxy) is 1. The number of rotatable bonds is 4. The van der Waals surface area contributed by atoms with Gasteiger partial charge in [-0.2, -0.15) is 0 Å². The van der Waals surface area contributed by atoms with Crippen molar-refractivity contribution in [3.8, 4) is 0 Å². The molecule has 0 radical (unpaired) electrons. The highest BCUT2D eigenvalue weighted by Gasteiger charge is 2.31. The molecule has 0 N–H and O–H groups in total. The van der Waals surface area contributed by atoms with Gasteiger partial charge >= 0.3 is 0 Å². The maximum atomic E-state index is 11.0. The van der Waals surface area contributed by atoms with Gasteiger partial charge in [0.1, 0.15) is 6.61 Å². The third-order valence-electron chi connectivity index (χ3n) is 1.48. The SMILES string of the molecule is COCC(=O)CN1C(=O)CSC1=O. The van der Waals surface area contributed by atoms with E-state index < -0.39 is 0 Å². The van der Waals surface area contributed by atoms with Crippen LogP contribution in [-0.2, 0) is 14.3 Å². The van der Waals surface area contributed by atoms with Crippen LogP contribution in [0.3, 0.4) is 0 Å². The van der Waals surface area contributed by atoms with Crippen molar-refractivity contribution in [3.63, 3.8) is 0 Å². The van der Waals surface area contributed by atoms with Crippen molar-refractivity contribution in [2.75, 3.05) is 26.0 Å². The average molecular weight is 203 g/mol. The van der Waals surface area contributed by atoms with Gasteiger partial charge in [0, 0.05) is 7.11 Å². The van der Waals surface area contributed by atoms with Crippen molar-refractivity contribution in [3.05, 3.63) is 0 Å². The quantitative estimate of drug-likeness (QED) is 0.638. The molecule has 1 aliphatic rings. The summed E-state index contributed by atoms with van der Waals surface area (Å²) in [4.78, 5) is 34.0. The minimum Gasteiger partial charge on any atom is -0.377 e. The molecule has 13 heavy (non-hydrogen) atoms. The molecule has 0 saturated carbocycles. The zero-order valence-corrected chi connectivity index (χ0v) is 7.93. The molecule has 6 heteroatoms. The Bertz CT molecular complexity index is 237. The number of ketones is 1. The van der Waals surface area contributed by atoms with Gasteiger partial charge in [0.15, 0.2) is 5.78 Å². The normalized spacial score (nSPS) is 16.8. The number of thioether (sulfide) groups is 1. The molecule has 0 aromatic heterocycles. The molecule has 2 amide bonds. The molecule has 72 valence electrons. The number of nitrogens with zero attached hydrogens (tertiary/aromatic N) is 1. The van der Waals surface area contributed by atoms with Crippen molar-refractivity contribution in [1.82, 2.24) is 4.90 Å². The Hall–Kier alpha value is -0.880. The maximum absolute atomic E-state index is 11.0. The number of imide groups is 1. The molecule has 0 aromatic carbocycles. The van der Waals surface area contributed by atoms with Gasteiger partial charge in [-0.25, -0.2) is 0 Å². The predicted molar refractivity (Wildman–Crippen MR) is 46.5 cm³/mol. The van der Waals surface area contributed by atoms with Crippen molar-refractivity contribution >= 4 is 28.7 Å². The molecular formula is C7H9NO4S. The Kier molecular flexibility index (Phi) is 3.44. The van der Waals surface area contributed by atoms with Crippen molar-refractivity contribution in [1.29, 1.82) is 0 Å². The lowest BCUT2D eigenvalue weighted by Crippen LogP contribution is -2.35. The summed E-state index contributed by atoms with van der Waals surface area (Å²) in [5, 5.41) is -0.352. The smallest absolute Gasteiger partial charge is 0.289 e. The molecule has 1 heterocycles. The summed E-state index contributed by atoms with van der Waals surface area (Å²) in [5.74, 6) is -0.440. The Morgan fingerprint density at radius 2 is 2.31 bits per heavy atom. The summed E-state index contributed by atoms with van der Waals surface area (Å²) in [5.41, 5.74) is 0. The fraction of sp³-hybridized carbons (Fsp3) is 0.571. The van der Waals surface area contributed by atoms with Gasteiger partial charge in [0.25, 0.3) is 5.24 Å². The van der Waals surface area contributed by atoms with Crippen LogP contribution in [0.2, 0.25) is 0 Å². The van der Waals surface area contributed by atoms with E-state index in [-0.39, 0.29) is 35.8 Å². The fourth-order valence-corrected chi connectivity index (χ4v) is 1.64. The third-order valence-corrected chi connectivity index (χ3v) is 2.34. The molecule has 1 saturated heterocycles. The minimum atomic E-state index is -0.352. The Labute approximate surface area is 79.4 Å². The van der Waals surface area contributed by atoms with E-state index in [1.165, 1.54) is 7.11 Å². The zero-order chi connectivity index (χ0) is 9.84. The first-order valence-corrected chi connectivity index (χ1v) is 4.61. The highest BCUT2D eigenvalue weighted by Crippen LogP contribution is 2.17. The molecule has 0 atom stereocenters. The summed E-state index contributed by atoms with van der Waals surface area (Å²) in [6.45, 7) is -0.236. The molecular weight excluding hydrogens is 194 g/mol. The van der Waals surface area contributed by atoms with E-state index in [0.717, 1.165) is 16.7 Å². The van der Waals surface area contributed by atoms with E-state index in [2.05, 4.69) is 4.74 Å². The summed E-state index contributed by atoms with van der Waals surface area (Å²) in [7, 11) is 1.39. The van der Waals surface area contributed by atoms with Gasteiger partial charge in [-0.15, -0.1) is 0 Å². The number of carbonyl (C=O) groups excluding carboxylic acids is 3. The molecule has 0 spiro atoms. The van der Waals surface area contributed by atoms with Gasteiger partial charge in [0.05, 0.1) is 12.3 Å². The third kappa shape index (κ3) is 2.53. The van der Waals surface area contributed by atoms with Crippen LogP contribution in [0.15, 0.2) is 0 Å². The van der Waals surface area contributed by atoms with E-state index in [1.54, 1.807) is 0 Å². The molecule has 1 fully saturated rings. The first-order chi connectivity index (χ1) is 6.15. The topological polar surface area (TPSA) is 63.7 Å². The van der Waals surface area contributed by atoms with E-state index in [4.69, 9.17) is 0 Å². The van der Waals surface area contributed by atoms with Gasteiger partial charge in [-0.05, 0) is 0 Å². The van der Waals surface area contributed by atoms with Crippen molar-refractivity contribution in [2.45, 2.75) is 0 Å². The second-order valence-corrected chi connectivity index (χ2v) is 3.43. The van der Waals surface area contributed by atoms with E-state index in [9.17, 15) is 14.4 Å². The van der Waals surface area contributed by atoms with Gasteiger partial charge in [-0.3, -0.25) is 19.3 Å². The van der Waals surface area contributed by atoms with Crippen LogP contribution < -0.4 is 0 Å². The monoisotopic (exact) mass is 203 g/mol. The second kappa shape index (κ2) is 4.38. The van der Waals surface area contributed by atoms with Gasteiger partial charge in [-0.1, -0.05) is 11.8 Å². The number of Topliss-reactive ketones (excluding diaryl/α,β-unsaturated/α-hetero) is 1. The van der Waals surface area contributed by atoms with Crippen LogP contribution in [0.4, 0.5) is 4.79 Å². The Morgan fingerprint density at radius 3 is 2.77 bits per heavy atom.